The molecule has 0 amide bonds. The third-order valence-electron chi connectivity index (χ3n) is 2.69. The van der Waals surface area contributed by atoms with Crippen molar-refractivity contribution in [3.63, 3.8) is 0 Å². The molecule has 0 bridgehead atoms. The zero-order chi connectivity index (χ0) is 10.0. The van der Waals surface area contributed by atoms with Crippen molar-refractivity contribution < 1.29 is 9.13 Å². The fourth-order valence-electron chi connectivity index (χ4n) is 1.78. The highest BCUT2D eigenvalue weighted by Crippen LogP contribution is 2.30. The second kappa shape index (κ2) is 3.63. The van der Waals surface area contributed by atoms with Crippen molar-refractivity contribution in [1.82, 2.24) is 4.98 Å². The molecular weight excluding hydrogens is 183 g/mol. The van der Waals surface area contributed by atoms with E-state index in [2.05, 4.69) is 4.98 Å². The Balaban J connectivity index is 2.32. The van der Waals surface area contributed by atoms with E-state index in [0.29, 0.717) is 31.6 Å². The molecule has 76 valence electrons. The van der Waals surface area contributed by atoms with Gasteiger partial charge in [-0.15, -0.1) is 0 Å². The Hall–Kier alpha value is -1.00. The van der Waals surface area contributed by atoms with Gasteiger partial charge in [0.15, 0.2) is 0 Å². The van der Waals surface area contributed by atoms with E-state index in [1.54, 1.807) is 12.3 Å². The highest BCUT2D eigenvalue weighted by Gasteiger charge is 2.32. The van der Waals surface area contributed by atoms with Gasteiger partial charge in [0.05, 0.1) is 6.20 Å². The summed E-state index contributed by atoms with van der Waals surface area (Å²) in [5.74, 6) is -0.322. The Morgan fingerprint density at radius 3 is 2.79 bits per heavy atom. The molecule has 1 fully saturated rings. The van der Waals surface area contributed by atoms with Crippen molar-refractivity contribution >= 4 is 0 Å². The van der Waals surface area contributed by atoms with Gasteiger partial charge < -0.3 is 10.5 Å². The normalized spacial score (nSPS) is 20.7. The first-order chi connectivity index (χ1) is 6.72. The average molecular weight is 196 g/mol. The Bertz CT molecular complexity index is 324. The van der Waals surface area contributed by atoms with Crippen LogP contribution in [0, 0.1) is 5.82 Å². The topological polar surface area (TPSA) is 48.1 Å². The standard InChI is InChI=1S/C10H13FN2O/c11-9-7-13-4-1-8(9)10(12)2-5-14-6-3-10/h1,4,7H,2-3,5-6,12H2. The molecule has 3 nitrogen and oxygen atoms in total. The van der Waals surface area contributed by atoms with Crippen LogP contribution in [-0.2, 0) is 10.3 Å². The number of hydrogen-bond donors (Lipinski definition) is 1. The molecule has 2 rings (SSSR count). The maximum Gasteiger partial charge on any atom is 0.146 e. The molecule has 0 saturated carbocycles. The lowest BCUT2D eigenvalue weighted by molar-refractivity contribution is 0.0510. The molecule has 1 aromatic rings. The van der Waals surface area contributed by atoms with Crippen molar-refractivity contribution in [2.75, 3.05) is 13.2 Å². The molecule has 0 aromatic carbocycles. The second-order valence-electron chi connectivity index (χ2n) is 3.62. The minimum atomic E-state index is -0.578. The lowest BCUT2D eigenvalue weighted by atomic mass is 9.84. The summed E-state index contributed by atoms with van der Waals surface area (Å²) in [4.78, 5) is 3.71. The first kappa shape index (κ1) is 9.55. The van der Waals surface area contributed by atoms with Crippen LogP contribution in [0.4, 0.5) is 4.39 Å². The van der Waals surface area contributed by atoms with Crippen LogP contribution >= 0.6 is 0 Å². The highest BCUT2D eigenvalue weighted by atomic mass is 19.1. The van der Waals surface area contributed by atoms with Gasteiger partial charge in [0.1, 0.15) is 5.82 Å². The van der Waals surface area contributed by atoms with E-state index in [1.807, 2.05) is 0 Å². The molecule has 0 spiro atoms. The predicted molar refractivity (Wildman–Crippen MR) is 50.1 cm³/mol. The smallest absolute Gasteiger partial charge is 0.146 e. The Morgan fingerprint density at radius 2 is 2.14 bits per heavy atom. The molecule has 2 N–H and O–H groups in total. The molecule has 0 aliphatic carbocycles. The van der Waals surface area contributed by atoms with Gasteiger partial charge >= 0.3 is 0 Å². The highest BCUT2D eigenvalue weighted by molar-refractivity contribution is 5.23. The maximum absolute atomic E-state index is 13.4. The molecular formula is C10H13FN2O. The number of nitrogens with two attached hydrogens (primary N) is 1. The summed E-state index contributed by atoms with van der Waals surface area (Å²) in [6, 6.07) is 1.65. The maximum atomic E-state index is 13.4. The van der Waals surface area contributed by atoms with Crippen LogP contribution < -0.4 is 5.73 Å². The van der Waals surface area contributed by atoms with Crippen LogP contribution in [0.15, 0.2) is 18.5 Å². The summed E-state index contributed by atoms with van der Waals surface area (Å²) in [6.07, 6.45) is 4.10. The number of halogens is 1. The molecule has 1 aliphatic heterocycles. The van der Waals surface area contributed by atoms with Gasteiger partial charge in [-0.1, -0.05) is 0 Å². The van der Waals surface area contributed by atoms with Gasteiger partial charge in [-0.3, -0.25) is 4.98 Å². The summed E-state index contributed by atoms with van der Waals surface area (Å²) in [7, 11) is 0. The number of aromatic nitrogens is 1. The Morgan fingerprint density at radius 1 is 1.43 bits per heavy atom. The zero-order valence-corrected chi connectivity index (χ0v) is 7.87. The zero-order valence-electron chi connectivity index (χ0n) is 7.87. The van der Waals surface area contributed by atoms with Gasteiger partial charge in [0, 0.05) is 30.5 Å². The summed E-state index contributed by atoms with van der Waals surface area (Å²) in [5, 5.41) is 0. The minimum absolute atomic E-state index is 0.322. The first-order valence-electron chi connectivity index (χ1n) is 4.69. The summed E-state index contributed by atoms with van der Waals surface area (Å²) in [6.45, 7) is 1.19. The monoisotopic (exact) mass is 196 g/mol. The van der Waals surface area contributed by atoms with Gasteiger partial charge in [-0.2, -0.15) is 0 Å². The van der Waals surface area contributed by atoms with E-state index in [9.17, 15) is 4.39 Å². The number of pyridine rings is 1. The number of ether oxygens (including phenoxy) is 1. The quantitative estimate of drug-likeness (QED) is 0.733. The van der Waals surface area contributed by atoms with Crippen LogP contribution in [-0.4, -0.2) is 18.2 Å². The van der Waals surface area contributed by atoms with Crippen molar-refractivity contribution in [3.05, 3.63) is 29.8 Å². The van der Waals surface area contributed by atoms with E-state index >= 15 is 0 Å². The lowest BCUT2D eigenvalue weighted by Crippen LogP contribution is -2.42. The van der Waals surface area contributed by atoms with Crippen molar-refractivity contribution in [3.8, 4) is 0 Å². The molecule has 14 heavy (non-hydrogen) atoms. The molecule has 0 radical (unpaired) electrons. The summed E-state index contributed by atoms with van der Waals surface area (Å²) < 4.78 is 18.6. The fourth-order valence-corrected chi connectivity index (χ4v) is 1.78. The lowest BCUT2D eigenvalue weighted by Gasteiger charge is -2.33. The number of nitrogens with zero attached hydrogens (tertiary/aromatic N) is 1. The number of rotatable bonds is 1. The van der Waals surface area contributed by atoms with Crippen LogP contribution in [0.5, 0.6) is 0 Å². The molecule has 1 aliphatic rings. The number of hydrogen-bond acceptors (Lipinski definition) is 3. The van der Waals surface area contributed by atoms with Gasteiger partial charge in [-0.25, -0.2) is 4.39 Å². The Labute approximate surface area is 82.1 Å². The third kappa shape index (κ3) is 1.63. The van der Waals surface area contributed by atoms with Gasteiger partial charge in [0.25, 0.3) is 0 Å². The summed E-state index contributed by atoms with van der Waals surface area (Å²) in [5.41, 5.74) is 6.11. The Kier molecular flexibility index (Phi) is 2.48. The average Bonchev–Trinajstić information content (AvgIpc) is 2.19. The third-order valence-corrected chi connectivity index (χ3v) is 2.69. The second-order valence-corrected chi connectivity index (χ2v) is 3.62. The molecule has 1 saturated heterocycles. The largest absolute Gasteiger partial charge is 0.381 e. The molecule has 1 aromatic heterocycles. The van der Waals surface area contributed by atoms with E-state index < -0.39 is 5.54 Å². The molecule has 0 unspecified atom stereocenters. The van der Waals surface area contributed by atoms with Crippen molar-refractivity contribution in [2.45, 2.75) is 18.4 Å². The molecule has 2 heterocycles. The fraction of sp³-hybridized carbons (Fsp3) is 0.500. The summed E-state index contributed by atoms with van der Waals surface area (Å²) >= 11 is 0. The molecule has 4 heteroatoms. The van der Waals surface area contributed by atoms with Crippen LogP contribution in [0.3, 0.4) is 0 Å². The van der Waals surface area contributed by atoms with Crippen LogP contribution in [0.1, 0.15) is 18.4 Å². The van der Waals surface area contributed by atoms with E-state index in [0.717, 1.165) is 0 Å². The van der Waals surface area contributed by atoms with E-state index in [-0.39, 0.29) is 5.82 Å². The van der Waals surface area contributed by atoms with Crippen molar-refractivity contribution in [1.29, 1.82) is 0 Å². The van der Waals surface area contributed by atoms with E-state index in [4.69, 9.17) is 10.5 Å². The molecule has 0 atom stereocenters. The van der Waals surface area contributed by atoms with Crippen LogP contribution in [0.25, 0.3) is 0 Å². The van der Waals surface area contributed by atoms with E-state index in [1.165, 1.54) is 6.20 Å². The first-order valence-corrected chi connectivity index (χ1v) is 4.69. The van der Waals surface area contributed by atoms with Crippen LogP contribution in [0.2, 0.25) is 0 Å². The predicted octanol–water partition coefficient (Wildman–Crippen LogP) is 1.19. The SMILES string of the molecule is NC1(c2ccncc2F)CCOCC1. The van der Waals surface area contributed by atoms with Crippen molar-refractivity contribution in [2.24, 2.45) is 5.73 Å². The van der Waals surface area contributed by atoms with Gasteiger partial charge in [-0.05, 0) is 18.9 Å². The van der Waals surface area contributed by atoms with Gasteiger partial charge in [0.2, 0.25) is 0 Å². The minimum Gasteiger partial charge on any atom is -0.381 e.